The van der Waals surface area contributed by atoms with Gasteiger partial charge < -0.3 is 4.42 Å². The molecule has 0 spiro atoms. The van der Waals surface area contributed by atoms with Crippen molar-refractivity contribution in [3.05, 3.63) is 23.7 Å². The second-order valence-electron chi connectivity index (χ2n) is 12.0. The molecule has 0 aliphatic carbocycles. The van der Waals surface area contributed by atoms with Gasteiger partial charge in [0.1, 0.15) is 0 Å². The molecule has 1 aromatic heterocycles. The van der Waals surface area contributed by atoms with E-state index >= 15 is 0 Å². The molecule has 0 saturated carbocycles. The number of hydrogen-bond acceptors (Lipinski definition) is 3. The number of Topliss-reactive ketones (excluding diaryl/α,β-unsaturated/α-hetero) is 2. The molecule has 0 fully saturated rings. The van der Waals surface area contributed by atoms with Crippen LogP contribution in [-0.4, -0.2) is 11.6 Å². The zero-order valence-electron chi connectivity index (χ0n) is 26.2. The predicted molar refractivity (Wildman–Crippen MR) is 168 cm³/mol. The van der Waals surface area contributed by atoms with Crippen molar-refractivity contribution in [3.8, 4) is 0 Å². The fourth-order valence-electron chi connectivity index (χ4n) is 5.49. The number of carbonyl (C=O) groups excluding carboxylic acids is 2. The van der Waals surface area contributed by atoms with Gasteiger partial charge in [0.25, 0.3) is 0 Å². The summed E-state index contributed by atoms with van der Waals surface area (Å²) in [6, 6.07) is 3.39. The van der Waals surface area contributed by atoms with Crippen LogP contribution in [0.2, 0.25) is 0 Å². The van der Waals surface area contributed by atoms with Gasteiger partial charge in [-0.15, -0.1) is 0 Å². The van der Waals surface area contributed by atoms with E-state index in [0.29, 0.717) is 24.4 Å². The van der Waals surface area contributed by atoms with Crippen molar-refractivity contribution >= 4 is 11.6 Å². The molecule has 3 nitrogen and oxygen atoms in total. The Kier molecular flexibility index (Phi) is 24.5. The van der Waals surface area contributed by atoms with Crippen molar-refractivity contribution in [1.82, 2.24) is 0 Å². The molecular weight excluding hydrogens is 480 g/mol. The van der Waals surface area contributed by atoms with Crippen molar-refractivity contribution in [2.75, 3.05) is 0 Å². The lowest BCUT2D eigenvalue weighted by Gasteiger charge is -2.03. The first-order chi connectivity index (χ1) is 19.2. The van der Waals surface area contributed by atoms with E-state index in [1.54, 1.807) is 12.1 Å². The van der Waals surface area contributed by atoms with Gasteiger partial charge in [-0.3, -0.25) is 9.59 Å². The quantitative estimate of drug-likeness (QED) is 0.0714. The van der Waals surface area contributed by atoms with Crippen molar-refractivity contribution in [2.24, 2.45) is 0 Å². The van der Waals surface area contributed by atoms with E-state index in [1.807, 2.05) is 0 Å². The van der Waals surface area contributed by atoms with Gasteiger partial charge in [-0.25, -0.2) is 0 Å². The van der Waals surface area contributed by atoms with Gasteiger partial charge in [-0.1, -0.05) is 168 Å². The summed E-state index contributed by atoms with van der Waals surface area (Å²) in [5.74, 6) is 0.807. The average Bonchev–Trinajstić information content (AvgIpc) is 3.44. The topological polar surface area (TPSA) is 47.3 Å². The van der Waals surface area contributed by atoms with Crippen LogP contribution in [0.5, 0.6) is 0 Å². The molecule has 1 heterocycles. The first-order valence-corrected chi connectivity index (χ1v) is 17.3. The molecule has 226 valence electrons. The summed E-state index contributed by atoms with van der Waals surface area (Å²) in [5, 5.41) is 0. The summed E-state index contributed by atoms with van der Waals surface area (Å²) in [6.07, 6.45) is 34.9. The fraction of sp³-hybridized carbons (Fsp3) is 0.833. The Morgan fingerprint density at radius 2 is 0.641 bits per heavy atom. The molecule has 0 aliphatic rings. The van der Waals surface area contributed by atoms with Gasteiger partial charge >= 0.3 is 0 Å². The summed E-state index contributed by atoms with van der Waals surface area (Å²) in [6.45, 7) is 4.54. The Bertz CT molecular complexity index is 633. The molecule has 0 aliphatic heterocycles. The first-order valence-electron chi connectivity index (χ1n) is 17.3. The lowest BCUT2D eigenvalue weighted by atomic mass is 10.0. The van der Waals surface area contributed by atoms with E-state index in [4.69, 9.17) is 4.42 Å². The van der Waals surface area contributed by atoms with Crippen LogP contribution in [0.25, 0.3) is 0 Å². The molecule has 1 rings (SSSR count). The van der Waals surface area contributed by atoms with Crippen LogP contribution in [0, 0.1) is 0 Å². The van der Waals surface area contributed by atoms with Gasteiger partial charge in [0.15, 0.2) is 23.1 Å². The summed E-state index contributed by atoms with van der Waals surface area (Å²) in [4.78, 5) is 24.9. The lowest BCUT2D eigenvalue weighted by molar-refractivity contribution is 0.0928. The maximum atomic E-state index is 12.5. The smallest absolute Gasteiger partial charge is 0.198 e. The zero-order chi connectivity index (χ0) is 28.2. The SMILES string of the molecule is CCCCCCCCCCCCCCCC(=O)c1ccc(C(=O)CCCCCCCCCCCCCCC)o1. The molecule has 39 heavy (non-hydrogen) atoms. The highest BCUT2D eigenvalue weighted by Crippen LogP contribution is 2.18. The third-order valence-electron chi connectivity index (χ3n) is 8.17. The van der Waals surface area contributed by atoms with Crippen molar-refractivity contribution in [3.63, 3.8) is 0 Å². The van der Waals surface area contributed by atoms with E-state index in [0.717, 1.165) is 25.7 Å². The summed E-state index contributed by atoms with van der Waals surface area (Å²) < 4.78 is 5.64. The average molecular weight is 545 g/mol. The van der Waals surface area contributed by atoms with Gasteiger partial charge in [0.2, 0.25) is 0 Å². The predicted octanol–water partition coefficient (Wildman–Crippen LogP) is 12.6. The van der Waals surface area contributed by atoms with Crippen molar-refractivity contribution in [1.29, 1.82) is 0 Å². The number of ketones is 2. The number of furan rings is 1. The third kappa shape index (κ3) is 21.1. The van der Waals surface area contributed by atoms with Crippen molar-refractivity contribution < 1.29 is 14.0 Å². The van der Waals surface area contributed by atoms with E-state index in [2.05, 4.69) is 13.8 Å². The highest BCUT2D eigenvalue weighted by molar-refractivity contribution is 5.97. The first kappa shape index (κ1) is 35.6. The van der Waals surface area contributed by atoms with Gasteiger partial charge in [0.05, 0.1) is 0 Å². The highest BCUT2D eigenvalue weighted by Gasteiger charge is 2.15. The number of carbonyl (C=O) groups is 2. The molecule has 0 N–H and O–H groups in total. The number of rotatable bonds is 30. The molecule has 0 unspecified atom stereocenters. The van der Waals surface area contributed by atoms with Crippen LogP contribution in [-0.2, 0) is 0 Å². The second kappa shape index (κ2) is 26.8. The second-order valence-corrected chi connectivity index (χ2v) is 12.0. The fourth-order valence-corrected chi connectivity index (χ4v) is 5.49. The van der Waals surface area contributed by atoms with Crippen molar-refractivity contribution in [2.45, 2.75) is 194 Å². The molecular formula is C36H64O3. The molecule has 3 heteroatoms. The minimum Gasteiger partial charge on any atom is -0.450 e. The Balaban J connectivity index is 1.96. The minimum atomic E-state index is 0.0399. The van der Waals surface area contributed by atoms with E-state index < -0.39 is 0 Å². The normalized spacial score (nSPS) is 11.3. The van der Waals surface area contributed by atoms with Crippen LogP contribution in [0.1, 0.15) is 215 Å². The van der Waals surface area contributed by atoms with E-state index in [-0.39, 0.29) is 11.6 Å². The molecule has 0 saturated heterocycles. The molecule has 0 radical (unpaired) electrons. The Morgan fingerprint density at radius 3 is 0.897 bits per heavy atom. The van der Waals surface area contributed by atoms with Crippen LogP contribution < -0.4 is 0 Å². The molecule has 1 aromatic rings. The molecule has 0 aromatic carbocycles. The van der Waals surface area contributed by atoms with Gasteiger partial charge in [-0.2, -0.15) is 0 Å². The molecule has 0 amide bonds. The third-order valence-corrected chi connectivity index (χ3v) is 8.17. The van der Waals surface area contributed by atoms with Crippen LogP contribution in [0.15, 0.2) is 16.5 Å². The zero-order valence-corrected chi connectivity index (χ0v) is 26.2. The number of unbranched alkanes of at least 4 members (excludes halogenated alkanes) is 24. The summed E-state index contributed by atoms with van der Waals surface area (Å²) in [7, 11) is 0. The largest absolute Gasteiger partial charge is 0.450 e. The Morgan fingerprint density at radius 1 is 0.410 bits per heavy atom. The maximum absolute atomic E-state index is 12.5. The van der Waals surface area contributed by atoms with Crippen LogP contribution in [0.4, 0.5) is 0 Å². The van der Waals surface area contributed by atoms with E-state index in [9.17, 15) is 9.59 Å². The van der Waals surface area contributed by atoms with Crippen LogP contribution >= 0.6 is 0 Å². The Labute approximate surface area is 242 Å². The molecule has 0 bridgehead atoms. The molecule has 0 atom stereocenters. The van der Waals surface area contributed by atoms with E-state index in [1.165, 1.54) is 141 Å². The maximum Gasteiger partial charge on any atom is 0.198 e. The summed E-state index contributed by atoms with van der Waals surface area (Å²) >= 11 is 0. The van der Waals surface area contributed by atoms with Gasteiger partial charge in [0, 0.05) is 12.8 Å². The summed E-state index contributed by atoms with van der Waals surface area (Å²) in [5.41, 5.74) is 0. The van der Waals surface area contributed by atoms with Crippen LogP contribution in [0.3, 0.4) is 0 Å². The highest BCUT2D eigenvalue weighted by atomic mass is 16.4. The lowest BCUT2D eigenvalue weighted by Crippen LogP contribution is -1.99. The minimum absolute atomic E-state index is 0.0399. The number of hydrogen-bond donors (Lipinski definition) is 0. The standard InChI is InChI=1S/C36H64O3/c1-3-5-7-9-11-13-15-17-19-21-23-25-27-29-33(37)35-31-32-36(39-35)34(38)30-28-26-24-22-20-18-16-14-12-10-8-6-4-2/h31-32H,3-30H2,1-2H3. The van der Waals surface area contributed by atoms with Gasteiger partial charge in [-0.05, 0) is 25.0 Å². The Hall–Kier alpha value is -1.38. The monoisotopic (exact) mass is 544 g/mol.